The molecule has 0 fully saturated rings. The number of aryl methyl sites for hydroxylation is 1. The maximum atomic E-state index is 14.3. The Balaban J connectivity index is 1.63. The van der Waals surface area contributed by atoms with Gasteiger partial charge >= 0.3 is 0 Å². The molecule has 2 amide bonds. The summed E-state index contributed by atoms with van der Waals surface area (Å²) in [5, 5.41) is 15.1. The number of benzene rings is 2. The van der Waals surface area contributed by atoms with Crippen LogP contribution in [-0.4, -0.2) is 52.5 Å². The van der Waals surface area contributed by atoms with Gasteiger partial charge in [-0.3, -0.25) is 14.6 Å². The third kappa shape index (κ3) is 8.99. The zero-order valence-electron chi connectivity index (χ0n) is 27.7. The van der Waals surface area contributed by atoms with E-state index in [0.717, 1.165) is 41.3 Å². The number of pyridine rings is 1. The molecule has 9 heteroatoms. The van der Waals surface area contributed by atoms with E-state index in [-0.39, 0.29) is 30.9 Å². The van der Waals surface area contributed by atoms with Crippen LogP contribution in [0.5, 0.6) is 0 Å². The molecule has 1 unspecified atom stereocenters. The molecule has 1 aliphatic rings. The van der Waals surface area contributed by atoms with E-state index in [4.69, 9.17) is 5.73 Å². The SMILES string of the molecule is CCCN(CCC)C(=O)C1=CC(C)=CC(C(N)=O)([C@H](Cc2cc(F)cc(F)c2)[C@@H](O)CNCc2cccc(-c3ccc(C)cn3)c2)C1. The number of hydrogen-bond donors (Lipinski definition) is 3. The molecular weight excluding hydrogens is 598 g/mol. The van der Waals surface area contributed by atoms with Crippen molar-refractivity contribution in [1.82, 2.24) is 15.2 Å². The van der Waals surface area contributed by atoms with Crippen LogP contribution >= 0.6 is 0 Å². The number of carbonyl (C=O) groups is 2. The molecule has 1 heterocycles. The summed E-state index contributed by atoms with van der Waals surface area (Å²) in [5.74, 6) is -3.33. The molecule has 0 spiro atoms. The lowest BCUT2D eigenvalue weighted by atomic mass is 9.63. The van der Waals surface area contributed by atoms with Gasteiger partial charge in [0.15, 0.2) is 0 Å². The Labute approximate surface area is 276 Å². The number of aliphatic hydroxyl groups is 1. The van der Waals surface area contributed by atoms with Gasteiger partial charge in [-0.2, -0.15) is 0 Å². The van der Waals surface area contributed by atoms with Crippen LogP contribution in [0.4, 0.5) is 8.78 Å². The minimum absolute atomic E-state index is 0.0342. The van der Waals surface area contributed by atoms with Gasteiger partial charge in [-0.05, 0) is 80.5 Å². The van der Waals surface area contributed by atoms with Gasteiger partial charge < -0.3 is 21.1 Å². The van der Waals surface area contributed by atoms with E-state index in [9.17, 15) is 23.5 Å². The molecule has 1 aromatic heterocycles. The molecule has 2 aromatic carbocycles. The van der Waals surface area contributed by atoms with Gasteiger partial charge in [0.25, 0.3) is 0 Å². The van der Waals surface area contributed by atoms with Crippen LogP contribution in [0.25, 0.3) is 11.3 Å². The number of hydrogen-bond acceptors (Lipinski definition) is 5. The van der Waals surface area contributed by atoms with Crippen LogP contribution in [0, 0.1) is 29.9 Å². The molecule has 0 bridgehead atoms. The zero-order chi connectivity index (χ0) is 34.1. The molecule has 3 atom stereocenters. The average molecular weight is 645 g/mol. The highest BCUT2D eigenvalue weighted by atomic mass is 19.1. The monoisotopic (exact) mass is 644 g/mol. The lowest BCUT2D eigenvalue weighted by Crippen LogP contribution is -2.51. The number of aliphatic hydroxyl groups excluding tert-OH is 1. The summed E-state index contributed by atoms with van der Waals surface area (Å²) < 4.78 is 28.6. The quantitative estimate of drug-likeness (QED) is 0.187. The molecule has 3 aromatic rings. The van der Waals surface area contributed by atoms with Gasteiger partial charge in [0.1, 0.15) is 11.6 Å². The first-order valence-electron chi connectivity index (χ1n) is 16.3. The Morgan fingerprint density at radius 2 is 1.72 bits per heavy atom. The highest BCUT2D eigenvalue weighted by molar-refractivity contribution is 5.97. The molecular formula is C38H46F2N4O3. The van der Waals surface area contributed by atoms with E-state index in [2.05, 4.69) is 10.3 Å². The molecule has 250 valence electrons. The van der Waals surface area contributed by atoms with Crippen molar-refractivity contribution in [2.24, 2.45) is 17.1 Å². The largest absolute Gasteiger partial charge is 0.391 e. The second-order valence-electron chi connectivity index (χ2n) is 12.6. The van der Waals surface area contributed by atoms with Crippen molar-refractivity contribution in [3.8, 4) is 11.3 Å². The predicted molar refractivity (Wildman–Crippen MR) is 181 cm³/mol. The highest BCUT2D eigenvalue weighted by Crippen LogP contribution is 2.44. The average Bonchev–Trinajstić information content (AvgIpc) is 3.02. The van der Waals surface area contributed by atoms with Gasteiger partial charge in [-0.25, -0.2) is 8.78 Å². The topological polar surface area (TPSA) is 109 Å². The van der Waals surface area contributed by atoms with Crippen molar-refractivity contribution < 1.29 is 23.5 Å². The van der Waals surface area contributed by atoms with E-state index in [0.29, 0.717) is 30.8 Å². The van der Waals surface area contributed by atoms with Gasteiger partial charge in [0.2, 0.25) is 11.8 Å². The van der Waals surface area contributed by atoms with E-state index in [1.165, 1.54) is 12.1 Å². The van der Waals surface area contributed by atoms with E-state index in [1.807, 2.05) is 63.4 Å². The summed E-state index contributed by atoms with van der Waals surface area (Å²) in [6.45, 7) is 9.36. The van der Waals surface area contributed by atoms with Crippen LogP contribution in [0.15, 0.2) is 84.1 Å². The van der Waals surface area contributed by atoms with Crippen LogP contribution in [0.2, 0.25) is 0 Å². The molecule has 47 heavy (non-hydrogen) atoms. The normalized spacial score (nSPS) is 17.4. The Kier molecular flexibility index (Phi) is 12.2. The van der Waals surface area contributed by atoms with Crippen molar-refractivity contribution in [3.63, 3.8) is 0 Å². The second kappa shape index (κ2) is 16.1. The smallest absolute Gasteiger partial charge is 0.249 e. The number of nitrogens with zero attached hydrogens (tertiary/aromatic N) is 2. The Hall–Kier alpha value is -4.21. The standard InChI is InChI=1S/C38H46F2N4O3/c1-5-12-44(13-6-2)36(46)30-14-26(4)20-38(21-30,37(41)47)33(18-28-16-31(39)19-32(40)17-28)35(45)24-42-23-27-8-7-9-29(15-27)34-11-10-25(3)22-43-34/h7-11,14-17,19-20,22,33,35,42,45H,5-6,12-13,18,21,23-24H2,1-4H3,(H2,41,47)/t33-,35+,38?/m1/s1. The first-order valence-corrected chi connectivity index (χ1v) is 16.3. The van der Waals surface area contributed by atoms with Crippen LogP contribution in [0.3, 0.4) is 0 Å². The van der Waals surface area contributed by atoms with Gasteiger partial charge in [-0.15, -0.1) is 0 Å². The Morgan fingerprint density at radius 1 is 1.02 bits per heavy atom. The van der Waals surface area contributed by atoms with Gasteiger partial charge in [-0.1, -0.05) is 55.8 Å². The minimum atomic E-state index is -1.49. The summed E-state index contributed by atoms with van der Waals surface area (Å²) >= 11 is 0. The van der Waals surface area contributed by atoms with Crippen LogP contribution in [0.1, 0.15) is 56.7 Å². The number of carbonyl (C=O) groups excluding carboxylic acids is 2. The molecule has 0 saturated heterocycles. The number of nitrogens with one attached hydrogen (secondary N) is 1. The van der Waals surface area contributed by atoms with Crippen molar-refractivity contribution in [1.29, 1.82) is 0 Å². The first kappa shape index (κ1) is 35.6. The number of nitrogens with two attached hydrogens (primary N) is 1. The highest BCUT2D eigenvalue weighted by Gasteiger charge is 2.48. The fourth-order valence-corrected chi connectivity index (χ4v) is 6.54. The summed E-state index contributed by atoms with van der Waals surface area (Å²) in [6, 6.07) is 15.0. The van der Waals surface area contributed by atoms with Crippen LogP contribution < -0.4 is 11.1 Å². The molecule has 1 aliphatic carbocycles. The lowest BCUT2D eigenvalue weighted by molar-refractivity contribution is -0.132. The maximum absolute atomic E-state index is 14.3. The summed E-state index contributed by atoms with van der Waals surface area (Å²) in [7, 11) is 0. The summed E-state index contributed by atoms with van der Waals surface area (Å²) in [4.78, 5) is 33.5. The van der Waals surface area contributed by atoms with Crippen molar-refractivity contribution in [2.75, 3.05) is 19.6 Å². The number of aromatic nitrogens is 1. The number of halogens is 2. The first-order chi connectivity index (χ1) is 22.4. The number of amides is 2. The number of allylic oxidation sites excluding steroid dienone is 2. The fourth-order valence-electron chi connectivity index (χ4n) is 6.54. The zero-order valence-corrected chi connectivity index (χ0v) is 27.7. The third-order valence-electron chi connectivity index (χ3n) is 8.70. The second-order valence-corrected chi connectivity index (χ2v) is 12.6. The maximum Gasteiger partial charge on any atom is 0.249 e. The molecule has 7 nitrogen and oxygen atoms in total. The lowest BCUT2D eigenvalue weighted by Gasteiger charge is -2.42. The van der Waals surface area contributed by atoms with Crippen LogP contribution in [-0.2, 0) is 22.6 Å². The van der Waals surface area contributed by atoms with Crippen molar-refractivity contribution in [2.45, 2.75) is 66.0 Å². The number of primary amides is 1. The number of rotatable bonds is 15. The molecule has 0 saturated carbocycles. The van der Waals surface area contributed by atoms with E-state index < -0.39 is 35.0 Å². The van der Waals surface area contributed by atoms with Gasteiger partial charge in [0, 0.05) is 55.5 Å². The molecule has 4 N–H and O–H groups in total. The van der Waals surface area contributed by atoms with E-state index in [1.54, 1.807) is 24.0 Å². The minimum Gasteiger partial charge on any atom is -0.391 e. The van der Waals surface area contributed by atoms with Crippen molar-refractivity contribution >= 4 is 11.8 Å². The Morgan fingerprint density at radius 3 is 2.34 bits per heavy atom. The predicted octanol–water partition coefficient (Wildman–Crippen LogP) is 6.04. The summed E-state index contributed by atoms with van der Waals surface area (Å²) in [5.41, 5.74) is 9.84. The summed E-state index contributed by atoms with van der Waals surface area (Å²) in [6.07, 6.45) is 5.59. The third-order valence-corrected chi connectivity index (χ3v) is 8.70. The van der Waals surface area contributed by atoms with Crippen molar-refractivity contribution in [3.05, 3.63) is 112 Å². The van der Waals surface area contributed by atoms with Gasteiger partial charge in [0.05, 0.1) is 17.2 Å². The Bertz CT molecular complexity index is 1600. The van der Waals surface area contributed by atoms with E-state index >= 15 is 0 Å². The molecule has 0 aliphatic heterocycles. The fraction of sp³-hybridized carbons (Fsp3) is 0.395. The molecule has 4 rings (SSSR count). The molecule has 0 radical (unpaired) electrons.